The van der Waals surface area contributed by atoms with Crippen LogP contribution >= 0.6 is 11.3 Å². The maximum atomic E-state index is 12.9. The van der Waals surface area contributed by atoms with Crippen LogP contribution in [0.15, 0.2) is 11.1 Å². The standard InChI is InChI=1S/C17H21N3O4S2/c1-19(11-6-7-26(23,24)9-11)14(21)8-20-10-18-16-15(17(20)22)12-4-2-3-5-13(12)25-16/h10-11H,2-9H2,1H3/t11-/m1/s1. The third-order valence-electron chi connectivity index (χ3n) is 5.40. The van der Waals surface area contributed by atoms with Gasteiger partial charge in [0.15, 0.2) is 9.84 Å². The smallest absolute Gasteiger partial charge is 0.262 e. The predicted octanol–water partition coefficient (Wildman–Crippen LogP) is 0.982. The number of sulfone groups is 1. The van der Waals surface area contributed by atoms with Crippen molar-refractivity contribution in [2.75, 3.05) is 18.6 Å². The van der Waals surface area contributed by atoms with E-state index < -0.39 is 9.84 Å². The van der Waals surface area contributed by atoms with E-state index in [-0.39, 0.29) is 35.6 Å². The molecule has 1 fully saturated rings. The molecular weight excluding hydrogens is 374 g/mol. The van der Waals surface area contributed by atoms with Gasteiger partial charge in [0.1, 0.15) is 11.4 Å². The second kappa shape index (κ2) is 6.45. The predicted molar refractivity (Wildman–Crippen MR) is 100 cm³/mol. The number of carbonyl (C=O) groups excluding carboxylic acids is 1. The van der Waals surface area contributed by atoms with Crippen LogP contribution in [0.5, 0.6) is 0 Å². The molecule has 1 saturated heterocycles. The number of amides is 1. The molecule has 0 unspecified atom stereocenters. The highest BCUT2D eigenvalue weighted by atomic mass is 32.2. The number of carbonyl (C=O) groups is 1. The lowest BCUT2D eigenvalue weighted by molar-refractivity contribution is -0.132. The molecule has 9 heteroatoms. The van der Waals surface area contributed by atoms with E-state index in [1.807, 2.05) is 0 Å². The summed E-state index contributed by atoms with van der Waals surface area (Å²) in [5, 5.41) is 0.658. The molecule has 0 spiro atoms. The first-order chi connectivity index (χ1) is 12.4. The number of hydrogen-bond donors (Lipinski definition) is 0. The summed E-state index contributed by atoms with van der Waals surface area (Å²) in [5.41, 5.74) is 0.931. The average Bonchev–Trinajstić information content (AvgIpc) is 3.16. The van der Waals surface area contributed by atoms with E-state index in [1.54, 1.807) is 18.4 Å². The van der Waals surface area contributed by atoms with Crippen LogP contribution in [-0.4, -0.2) is 53.4 Å². The van der Waals surface area contributed by atoms with Gasteiger partial charge in [-0.15, -0.1) is 11.3 Å². The highest BCUT2D eigenvalue weighted by molar-refractivity contribution is 7.91. The Hall–Kier alpha value is -1.74. The normalized spacial score (nSPS) is 21.7. The van der Waals surface area contributed by atoms with Gasteiger partial charge in [0.05, 0.1) is 23.2 Å². The topological polar surface area (TPSA) is 89.3 Å². The number of likely N-dealkylation sites (N-methyl/N-ethyl adjacent to an activating group) is 1. The Bertz CT molecular complexity index is 1040. The van der Waals surface area contributed by atoms with E-state index in [0.717, 1.165) is 36.1 Å². The first-order valence-electron chi connectivity index (χ1n) is 8.81. The summed E-state index contributed by atoms with van der Waals surface area (Å²) in [6.07, 6.45) is 5.99. The number of aryl methyl sites for hydroxylation is 2. The van der Waals surface area contributed by atoms with Crippen LogP contribution in [0, 0.1) is 0 Å². The van der Waals surface area contributed by atoms with Crippen LogP contribution in [0.3, 0.4) is 0 Å². The van der Waals surface area contributed by atoms with E-state index in [9.17, 15) is 18.0 Å². The minimum Gasteiger partial charge on any atom is -0.340 e. The molecule has 2 aromatic rings. The largest absolute Gasteiger partial charge is 0.340 e. The van der Waals surface area contributed by atoms with Crippen molar-refractivity contribution in [3.8, 4) is 0 Å². The number of aromatic nitrogens is 2. The Labute approximate surface area is 155 Å². The minimum atomic E-state index is -3.06. The third kappa shape index (κ3) is 3.07. The summed E-state index contributed by atoms with van der Waals surface area (Å²) in [5.74, 6) is -0.150. The zero-order valence-corrected chi connectivity index (χ0v) is 16.2. The summed E-state index contributed by atoms with van der Waals surface area (Å²) in [4.78, 5) is 33.3. The van der Waals surface area contributed by atoms with Gasteiger partial charge in [-0.3, -0.25) is 14.2 Å². The third-order valence-corrected chi connectivity index (χ3v) is 8.35. The highest BCUT2D eigenvalue weighted by Gasteiger charge is 2.33. The van der Waals surface area contributed by atoms with Crippen molar-refractivity contribution in [2.24, 2.45) is 0 Å². The number of thiophene rings is 1. The summed E-state index contributed by atoms with van der Waals surface area (Å²) in [7, 11) is -1.45. The van der Waals surface area contributed by atoms with Gasteiger partial charge in [-0.25, -0.2) is 13.4 Å². The Morgan fingerprint density at radius 2 is 2.15 bits per heavy atom. The highest BCUT2D eigenvalue weighted by Crippen LogP contribution is 2.33. The van der Waals surface area contributed by atoms with Gasteiger partial charge >= 0.3 is 0 Å². The van der Waals surface area contributed by atoms with Crippen molar-refractivity contribution in [1.82, 2.24) is 14.5 Å². The van der Waals surface area contributed by atoms with Crippen molar-refractivity contribution < 1.29 is 13.2 Å². The van der Waals surface area contributed by atoms with Crippen LogP contribution in [0.25, 0.3) is 10.2 Å². The van der Waals surface area contributed by atoms with E-state index >= 15 is 0 Å². The molecule has 2 aromatic heterocycles. The van der Waals surface area contributed by atoms with Crippen LogP contribution in [0.1, 0.15) is 29.7 Å². The Morgan fingerprint density at radius 1 is 1.38 bits per heavy atom. The zero-order chi connectivity index (χ0) is 18.5. The lowest BCUT2D eigenvalue weighted by Gasteiger charge is -2.23. The van der Waals surface area contributed by atoms with Crippen LogP contribution in [-0.2, 0) is 34.0 Å². The number of rotatable bonds is 3. The quantitative estimate of drug-likeness (QED) is 0.773. The van der Waals surface area contributed by atoms with Gasteiger partial charge < -0.3 is 4.90 Å². The van der Waals surface area contributed by atoms with Crippen LogP contribution < -0.4 is 5.56 Å². The molecule has 0 saturated carbocycles. The molecule has 4 rings (SSSR count). The molecule has 2 aliphatic rings. The fourth-order valence-electron chi connectivity index (χ4n) is 3.84. The average molecular weight is 396 g/mol. The molecule has 1 aliphatic heterocycles. The molecule has 1 aliphatic carbocycles. The van der Waals surface area contributed by atoms with E-state index in [4.69, 9.17) is 0 Å². The SMILES string of the molecule is CN(C(=O)Cn1cnc2sc3c(c2c1=O)CCCC3)[C@@H]1CCS(=O)(=O)C1. The lowest BCUT2D eigenvalue weighted by atomic mass is 9.97. The molecule has 1 atom stereocenters. The summed E-state index contributed by atoms with van der Waals surface area (Å²) in [6.45, 7) is -0.112. The zero-order valence-electron chi connectivity index (χ0n) is 14.6. The Kier molecular flexibility index (Phi) is 4.38. The number of fused-ring (bicyclic) bond motifs is 3. The number of hydrogen-bond acceptors (Lipinski definition) is 6. The molecule has 140 valence electrons. The first-order valence-corrected chi connectivity index (χ1v) is 11.5. The van der Waals surface area contributed by atoms with Crippen molar-refractivity contribution in [3.05, 3.63) is 27.1 Å². The Balaban J connectivity index is 1.60. The van der Waals surface area contributed by atoms with Gasteiger partial charge in [0, 0.05) is 18.0 Å². The van der Waals surface area contributed by atoms with Gasteiger partial charge in [-0.1, -0.05) is 0 Å². The van der Waals surface area contributed by atoms with Crippen molar-refractivity contribution >= 4 is 37.3 Å². The van der Waals surface area contributed by atoms with Gasteiger partial charge in [-0.05, 0) is 37.7 Å². The summed E-state index contributed by atoms with van der Waals surface area (Å²) in [6, 6.07) is -0.311. The molecule has 7 nitrogen and oxygen atoms in total. The molecule has 0 radical (unpaired) electrons. The van der Waals surface area contributed by atoms with E-state index in [2.05, 4.69) is 4.98 Å². The maximum absolute atomic E-state index is 12.9. The second-order valence-electron chi connectivity index (χ2n) is 7.13. The summed E-state index contributed by atoms with van der Waals surface area (Å²) >= 11 is 1.58. The van der Waals surface area contributed by atoms with E-state index in [0.29, 0.717) is 11.8 Å². The maximum Gasteiger partial charge on any atom is 0.262 e. The summed E-state index contributed by atoms with van der Waals surface area (Å²) < 4.78 is 24.6. The fourth-order valence-corrected chi connectivity index (χ4v) is 6.83. The van der Waals surface area contributed by atoms with Gasteiger partial charge in [0.2, 0.25) is 5.91 Å². The molecule has 1 amide bonds. The molecule has 26 heavy (non-hydrogen) atoms. The van der Waals surface area contributed by atoms with E-state index in [1.165, 1.54) is 20.7 Å². The Morgan fingerprint density at radius 3 is 2.88 bits per heavy atom. The van der Waals surface area contributed by atoms with Gasteiger partial charge in [-0.2, -0.15) is 0 Å². The molecule has 0 aromatic carbocycles. The van der Waals surface area contributed by atoms with Crippen LogP contribution in [0.4, 0.5) is 0 Å². The minimum absolute atomic E-state index is 0.000533. The molecular formula is C17H21N3O4S2. The van der Waals surface area contributed by atoms with Gasteiger partial charge in [0.25, 0.3) is 5.56 Å². The molecule has 0 bridgehead atoms. The lowest BCUT2D eigenvalue weighted by Crippen LogP contribution is -2.41. The first kappa shape index (κ1) is 17.7. The monoisotopic (exact) mass is 395 g/mol. The fraction of sp³-hybridized carbons (Fsp3) is 0.588. The molecule has 3 heterocycles. The second-order valence-corrected chi connectivity index (χ2v) is 10.4. The molecule has 0 N–H and O–H groups in total. The number of nitrogens with zero attached hydrogens (tertiary/aromatic N) is 3. The van der Waals surface area contributed by atoms with Crippen molar-refractivity contribution in [1.29, 1.82) is 0 Å². The van der Waals surface area contributed by atoms with Crippen molar-refractivity contribution in [2.45, 2.75) is 44.7 Å². The van der Waals surface area contributed by atoms with Crippen LogP contribution in [0.2, 0.25) is 0 Å². The van der Waals surface area contributed by atoms with Crippen molar-refractivity contribution in [3.63, 3.8) is 0 Å².